The minimum Gasteiger partial charge on any atom is -0.497 e. The number of ether oxygens (including phenoxy) is 4. The Bertz CT molecular complexity index is 1110. The SMILES string of the molecule is CCCCOc1ccc(C(=O)Oc2ccc(/C=N/NC(=O)COc3ccc(OC)cc3)cc2)cc1. The number of esters is 1. The van der Waals surface area contributed by atoms with Crippen LogP contribution < -0.4 is 24.4 Å². The molecule has 1 amide bonds. The van der Waals surface area contributed by atoms with E-state index in [4.69, 9.17) is 18.9 Å². The second-order valence-electron chi connectivity index (χ2n) is 7.44. The first-order valence-electron chi connectivity index (χ1n) is 11.2. The molecule has 0 saturated heterocycles. The fourth-order valence-corrected chi connectivity index (χ4v) is 2.84. The summed E-state index contributed by atoms with van der Waals surface area (Å²) in [7, 11) is 1.58. The Morgan fingerprint density at radius 2 is 1.43 bits per heavy atom. The lowest BCUT2D eigenvalue weighted by atomic mass is 10.2. The fraction of sp³-hybridized carbons (Fsp3) is 0.222. The van der Waals surface area contributed by atoms with Gasteiger partial charge in [0.05, 0.1) is 25.5 Å². The highest BCUT2D eigenvalue weighted by atomic mass is 16.5. The van der Waals surface area contributed by atoms with E-state index in [2.05, 4.69) is 17.5 Å². The number of rotatable bonds is 12. The standard InChI is InChI=1S/C27H28N2O6/c1-3-4-17-33-23-11-7-21(8-12-23)27(31)35-25-9-5-20(6-10-25)18-28-29-26(30)19-34-24-15-13-22(32-2)14-16-24/h5-16,18H,3-4,17,19H2,1-2H3,(H,29,30)/b28-18+. The lowest BCUT2D eigenvalue weighted by Crippen LogP contribution is -2.24. The monoisotopic (exact) mass is 476 g/mol. The quantitative estimate of drug-likeness (QED) is 0.135. The number of hydrazone groups is 1. The van der Waals surface area contributed by atoms with Crippen molar-refractivity contribution in [3.63, 3.8) is 0 Å². The zero-order valence-corrected chi connectivity index (χ0v) is 19.7. The maximum Gasteiger partial charge on any atom is 0.343 e. The number of nitrogens with zero attached hydrogens (tertiary/aromatic N) is 1. The molecule has 0 atom stereocenters. The average molecular weight is 477 g/mol. The number of carbonyl (C=O) groups is 2. The van der Waals surface area contributed by atoms with Crippen molar-refractivity contribution in [2.24, 2.45) is 5.10 Å². The number of unbranched alkanes of at least 4 members (excludes halogenated alkanes) is 1. The first-order valence-corrected chi connectivity index (χ1v) is 11.2. The van der Waals surface area contributed by atoms with Crippen LogP contribution in [0, 0.1) is 0 Å². The van der Waals surface area contributed by atoms with Gasteiger partial charge >= 0.3 is 5.97 Å². The third kappa shape index (κ3) is 8.51. The van der Waals surface area contributed by atoms with Crippen molar-refractivity contribution in [1.82, 2.24) is 5.43 Å². The number of amides is 1. The van der Waals surface area contributed by atoms with Gasteiger partial charge in [0.1, 0.15) is 23.0 Å². The molecule has 0 unspecified atom stereocenters. The van der Waals surface area contributed by atoms with E-state index in [1.54, 1.807) is 79.9 Å². The highest BCUT2D eigenvalue weighted by molar-refractivity contribution is 5.91. The summed E-state index contributed by atoms with van der Waals surface area (Å²) in [5.74, 6) is 1.51. The largest absolute Gasteiger partial charge is 0.497 e. The predicted molar refractivity (Wildman–Crippen MR) is 132 cm³/mol. The van der Waals surface area contributed by atoms with Crippen LogP contribution in [0.3, 0.4) is 0 Å². The van der Waals surface area contributed by atoms with Crippen LogP contribution in [0.1, 0.15) is 35.7 Å². The number of benzene rings is 3. The van der Waals surface area contributed by atoms with Crippen LogP contribution in [-0.4, -0.2) is 38.4 Å². The van der Waals surface area contributed by atoms with E-state index in [0.29, 0.717) is 29.4 Å². The lowest BCUT2D eigenvalue weighted by Gasteiger charge is -2.07. The van der Waals surface area contributed by atoms with Crippen molar-refractivity contribution in [2.45, 2.75) is 19.8 Å². The smallest absolute Gasteiger partial charge is 0.343 e. The molecule has 0 aliphatic carbocycles. The molecule has 0 fully saturated rings. The molecular formula is C27H28N2O6. The van der Waals surface area contributed by atoms with Gasteiger partial charge in [0.15, 0.2) is 6.61 Å². The normalized spacial score (nSPS) is 10.6. The van der Waals surface area contributed by atoms with Crippen molar-refractivity contribution in [3.8, 4) is 23.0 Å². The van der Waals surface area contributed by atoms with Crippen LogP contribution in [0.5, 0.6) is 23.0 Å². The number of nitrogens with one attached hydrogen (secondary N) is 1. The summed E-state index contributed by atoms with van der Waals surface area (Å²) in [5, 5.41) is 3.91. The van der Waals surface area contributed by atoms with E-state index in [-0.39, 0.29) is 6.61 Å². The molecule has 0 heterocycles. The second kappa shape index (κ2) is 13.4. The van der Waals surface area contributed by atoms with Crippen LogP contribution in [0.15, 0.2) is 77.9 Å². The van der Waals surface area contributed by atoms with Crippen LogP contribution in [-0.2, 0) is 4.79 Å². The molecule has 0 spiro atoms. The third-order valence-corrected chi connectivity index (χ3v) is 4.78. The molecule has 3 aromatic carbocycles. The van der Waals surface area contributed by atoms with E-state index in [1.807, 2.05) is 0 Å². The molecule has 0 aliphatic heterocycles. The van der Waals surface area contributed by atoms with E-state index >= 15 is 0 Å². The first-order chi connectivity index (χ1) is 17.1. The number of carbonyl (C=O) groups excluding carboxylic acids is 2. The van der Waals surface area contributed by atoms with Crippen LogP contribution >= 0.6 is 0 Å². The number of hydrogen-bond acceptors (Lipinski definition) is 7. The summed E-state index contributed by atoms with van der Waals surface area (Å²) in [6, 6.07) is 20.5. The van der Waals surface area contributed by atoms with E-state index in [0.717, 1.165) is 24.2 Å². The Balaban J connectivity index is 1.42. The maximum absolute atomic E-state index is 12.4. The Morgan fingerprint density at radius 3 is 2.09 bits per heavy atom. The molecule has 0 radical (unpaired) electrons. The van der Waals surface area contributed by atoms with Gasteiger partial charge in [-0.3, -0.25) is 4.79 Å². The summed E-state index contributed by atoms with van der Waals surface area (Å²) in [6.07, 6.45) is 3.52. The Morgan fingerprint density at radius 1 is 0.829 bits per heavy atom. The molecular weight excluding hydrogens is 448 g/mol. The van der Waals surface area contributed by atoms with Gasteiger partial charge in [0.25, 0.3) is 5.91 Å². The predicted octanol–water partition coefficient (Wildman–Crippen LogP) is 4.62. The van der Waals surface area contributed by atoms with Gasteiger partial charge in [-0.1, -0.05) is 13.3 Å². The molecule has 3 rings (SSSR count). The van der Waals surface area contributed by atoms with Crippen molar-refractivity contribution in [2.75, 3.05) is 20.3 Å². The van der Waals surface area contributed by atoms with E-state index in [9.17, 15) is 9.59 Å². The topological polar surface area (TPSA) is 95.5 Å². The molecule has 0 aliphatic rings. The Kier molecular flexibility index (Phi) is 9.68. The molecule has 1 N–H and O–H groups in total. The summed E-state index contributed by atoms with van der Waals surface area (Å²) >= 11 is 0. The van der Waals surface area contributed by atoms with Gasteiger partial charge in [0.2, 0.25) is 0 Å². The highest BCUT2D eigenvalue weighted by Gasteiger charge is 2.09. The lowest BCUT2D eigenvalue weighted by molar-refractivity contribution is -0.123. The summed E-state index contributed by atoms with van der Waals surface area (Å²) in [4.78, 5) is 24.2. The maximum atomic E-state index is 12.4. The molecule has 8 nitrogen and oxygen atoms in total. The minimum atomic E-state index is -0.462. The molecule has 0 bridgehead atoms. The van der Waals surface area contributed by atoms with Crippen molar-refractivity contribution >= 4 is 18.1 Å². The number of methoxy groups -OCH3 is 1. The molecule has 0 aromatic heterocycles. The Labute approximate surface area is 204 Å². The molecule has 35 heavy (non-hydrogen) atoms. The van der Waals surface area contributed by atoms with Crippen molar-refractivity contribution in [1.29, 1.82) is 0 Å². The Hall–Kier alpha value is -4.33. The second-order valence-corrected chi connectivity index (χ2v) is 7.44. The summed E-state index contributed by atoms with van der Waals surface area (Å²) in [6.45, 7) is 2.57. The van der Waals surface area contributed by atoms with Crippen LogP contribution in [0.2, 0.25) is 0 Å². The van der Waals surface area contributed by atoms with Gasteiger partial charge in [-0.05, 0) is 84.8 Å². The first kappa shape index (κ1) is 25.3. The van der Waals surface area contributed by atoms with Crippen LogP contribution in [0.25, 0.3) is 0 Å². The van der Waals surface area contributed by atoms with Crippen molar-refractivity contribution < 1.29 is 28.5 Å². The zero-order chi connectivity index (χ0) is 24.9. The van der Waals surface area contributed by atoms with E-state index < -0.39 is 11.9 Å². The van der Waals surface area contributed by atoms with E-state index in [1.165, 1.54) is 6.21 Å². The van der Waals surface area contributed by atoms with Gasteiger partial charge in [0, 0.05) is 0 Å². The molecule has 0 saturated carbocycles. The van der Waals surface area contributed by atoms with Gasteiger partial charge in [-0.15, -0.1) is 0 Å². The molecule has 8 heteroatoms. The van der Waals surface area contributed by atoms with Gasteiger partial charge in [-0.2, -0.15) is 5.10 Å². The summed E-state index contributed by atoms with van der Waals surface area (Å²) in [5.41, 5.74) is 3.54. The van der Waals surface area contributed by atoms with Gasteiger partial charge in [-0.25, -0.2) is 10.2 Å². The zero-order valence-electron chi connectivity index (χ0n) is 19.7. The van der Waals surface area contributed by atoms with Crippen LogP contribution in [0.4, 0.5) is 0 Å². The van der Waals surface area contributed by atoms with Gasteiger partial charge < -0.3 is 18.9 Å². The molecule has 182 valence electrons. The number of hydrogen-bond donors (Lipinski definition) is 1. The highest BCUT2D eigenvalue weighted by Crippen LogP contribution is 2.18. The molecule has 3 aromatic rings. The van der Waals surface area contributed by atoms with Crippen molar-refractivity contribution in [3.05, 3.63) is 83.9 Å². The third-order valence-electron chi connectivity index (χ3n) is 4.78. The fourth-order valence-electron chi connectivity index (χ4n) is 2.84. The summed E-state index contributed by atoms with van der Waals surface area (Å²) < 4.78 is 21.5. The average Bonchev–Trinajstić information content (AvgIpc) is 2.89. The minimum absolute atomic E-state index is 0.176.